The Morgan fingerprint density at radius 1 is 1.03 bits per heavy atom. The number of phenols is 1. The second-order valence-electron chi connectivity index (χ2n) is 7.23. The average molecular weight is 442 g/mol. The lowest BCUT2D eigenvalue weighted by molar-refractivity contribution is -0.142. The zero-order valence-corrected chi connectivity index (χ0v) is 18.4. The van der Waals surface area contributed by atoms with Gasteiger partial charge >= 0.3 is 11.9 Å². The normalized spacial score (nSPS) is 16.9. The van der Waals surface area contributed by atoms with Crippen molar-refractivity contribution >= 4 is 18.0 Å². The molecule has 1 heterocycles. The zero-order valence-electron chi connectivity index (χ0n) is 18.4. The van der Waals surface area contributed by atoms with Crippen LogP contribution in [0.25, 0.3) is 6.08 Å². The Labute approximate surface area is 186 Å². The van der Waals surface area contributed by atoms with Crippen LogP contribution in [0.5, 0.6) is 23.0 Å². The second-order valence-corrected chi connectivity index (χ2v) is 7.23. The minimum absolute atomic E-state index is 0.0149. The number of rotatable bonds is 8. The Bertz CT molecular complexity index is 1030. The second kappa shape index (κ2) is 10.1. The summed E-state index contributed by atoms with van der Waals surface area (Å²) in [5.74, 6) is 0.330. The van der Waals surface area contributed by atoms with Crippen molar-refractivity contribution in [2.24, 2.45) is 0 Å². The van der Waals surface area contributed by atoms with Gasteiger partial charge in [-0.2, -0.15) is 0 Å². The molecule has 1 aliphatic heterocycles. The molecule has 8 heteroatoms. The van der Waals surface area contributed by atoms with Gasteiger partial charge in [0, 0.05) is 19.4 Å². The minimum atomic E-state index is -0.493. The van der Waals surface area contributed by atoms with Crippen LogP contribution in [0.3, 0.4) is 0 Å². The van der Waals surface area contributed by atoms with E-state index in [1.807, 2.05) is 18.2 Å². The third kappa shape index (κ3) is 5.14. The Kier molecular flexibility index (Phi) is 7.25. The van der Waals surface area contributed by atoms with Crippen molar-refractivity contribution in [1.29, 1.82) is 0 Å². The van der Waals surface area contributed by atoms with Crippen LogP contribution >= 0.6 is 0 Å². The number of methoxy groups -OCH3 is 2. The molecular weight excluding hydrogens is 416 g/mol. The molecule has 32 heavy (non-hydrogen) atoms. The summed E-state index contributed by atoms with van der Waals surface area (Å²) < 4.78 is 27.3. The van der Waals surface area contributed by atoms with Crippen LogP contribution in [0.1, 0.15) is 42.6 Å². The van der Waals surface area contributed by atoms with Crippen molar-refractivity contribution in [3.63, 3.8) is 0 Å². The molecule has 0 unspecified atom stereocenters. The van der Waals surface area contributed by atoms with Crippen LogP contribution in [0, 0.1) is 0 Å². The SMILES string of the molecule is COc1cc([C@@H]2Oc3c(OC)cc(/C=C/COC(C)=O)cc3[C@H]2COC(C)=O)ccc1O. The molecule has 2 atom stereocenters. The Morgan fingerprint density at radius 2 is 1.75 bits per heavy atom. The van der Waals surface area contributed by atoms with Gasteiger partial charge in [-0.15, -0.1) is 0 Å². The van der Waals surface area contributed by atoms with E-state index >= 15 is 0 Å². The Morgan fingerprint density at radius 3 is 2.41 bits per heavy atom. The lowest BCUT2D eigenvalue weighted by atomic mass is 9.90. The summed E-state index contributed by atoms with van der Waals surface area (Å²) in [4.78, 5) is 22.5. The first-order valence-electron chi connectivity index (χ1n) is 10.0. The highest BCUT2D eigenvalue weighted by Crippen LogP contribution is 2.51. The predicted octanol–water partition coefficient (Wildman–Crippen LogP) is 3.77. The number of hydrogen-bond donors (Lipinski definition) is 1. The summed E-state index contributed by atoms with van der Waals surface area (Å²) in [6.45, 7) is 2.95. The molecule has 1 N–H and O–H groups in total. The maximum Gasteiger partial charge on any atom is 0.302 e. The number of phenolic OH excluding ortho intramolecular Hbond substituents is 1. The number of carbonyl (C=O) groups excluding carboxylic acids is 2. The number of esters is 2. The molecule has 0 saturated heterocycles. The van der Waals surface area contributed by atoms with Gasteiger partial charge in [0.15, 0.2) is 23.0 Å². The van der Waals surface area contributed by atoms with Crippen molar-refractivity contribution < 1.29 is 38.4 Å². The van der Waals surface area contributed by atoms with E-state index in [0.29, 0.717) is 17.2 Å². The highest BCUT2D eigenvalue weighted by molar-refractivity contribution is 5.67. The van der Waals surface area contributed by atoms with E-state index in [1.54, 1.807) is 25.3 Å². The first kappa shape index (κ1) is 23.0. The first-order valence-corrected chi connectivity index (χ1v) is 10.0. The van der Waals surface area contributed by atoms with Crippen LogP contribution in [-0.4, -0.2) is 44.5 Å². The van der Waals surface area contributed by atoms with Crippen molar-refractivity contribution in [3.05, 3.63) is 53.1 Å². The monoisotopic (exact) mass is 442 g/mol. The quantitative estimate of drug-likeness (QED) is 0.617. The van der Waals surface area contributed by atoms with Gasteiger partial charge in [0.05, 0.1) is 20.1 Å². The summed E-state index contributed by atoms with van der Waals surface area (Å²) in [5.41, 5.74) is 2.38. The van der Waals surface area contributed by atoms with Crippen molar-refractivity contribution in [2.45, 2.75) is 25.9 Å². The number of hydrogen-bond acceptors (Lipinski definition) is 8. The molecule has 2 aromatic carbocycles. The standard InChI is InChI=1S/C24H26O8/c1-14(25)30-9-5-6-16-10-18-19(13-31-15(2)26)23(32-24(18)22(11-16)29-4)17-7-8-20(27)21(12-17)28-3/h5-8,10-12,19,23,27H,9,13H2,1-4H3/b6-5+/t19-,23+/m1/s1. The smallest absolute Gasteiger partial charge is 0.302 e. The van der Waals surface area contributed by atoms with E-state index in [-0.39, 0.29) is 30.9 Å². The molecule has 2 aromatic rings. The molecule has 8 nitrogen and oxygen atoms in total. The molecule has 0 aliphatic carbocycles. The third-order valence-electron chi connectivity index (χ3n) is 5.03. The fraction of sp³-hybridized carbons (Fsp3) is 0.333. The molecule has 0 aromatic heterocycles. The summed E-state index contributed by atoms with van der Waals surface area (Å²) in [5, 5.41) is 9.95. The zero-order chi connectivity index (χ0) is 23.3. The lowest BCUT2D eigenvalue weighted by Gasteiger charge is -2.20. The number of fused-ring (bicyclic) bond motifs is 1. The van der Waals surface area contributed by atoms with Crippen LogP contribution in [-0.2, 0) is 19.1 Å². The summed E-state index contributed by atoms with van der Waals surface area (Å²) in [6.07, 6.45) is 3.04. The van der Waals surface area contributed by atoms with Gasteiger partial charge in [0.2, 0.25) is 0 Å². The fourth-order valence-electron chi connectivity index (χ4n) is 3.57. The van der Waals surface area contributed by atoms with Gasteiger partial charge in [-0.1, -0.05) is 12.1 Å². The highest BCUT2D eigenvalue weighted by Gasteiger charge is 2.39. The fourth-order valence-corrected chi connectivity index (χ4v) is 3.57. The van der Waals surface area contributed by atoms with Crippen LogP contribution in [0.4, 0.5) is 0 Å². The summed E-state index contributed by atoms with van der Waals surface area (Å²) in [7, 11) is 3.01. The molecule has 1 aliphatic rings. The predicted molar refractivity (Wildman–Crippen MR) is 116 cm³/mol. The van der Waals surface area contributed by atoms with E-state index in [9.17, 15) is 14.7 Å². The maximum absolute atomic E-state index is 11.5. The topological polar surface area (TPSA) is 101 Å². The third-order valence-corrected chi connectivity index (χ3v) is 5.03. The van der Waals surface area contributed by atoms with E-state index in [2.05, 4.69) is 0 Å². The van der Waals surface area contributed by atoms with Crippen molar-refractivity contribution in [3.8, 4) is 23.0 Å². The summed E-state index contributed by atoms with van der Waals surface area (Å²) >= 11 is 0. The van der Waals surface area contributed by atoms with Gasteiger partial charge in [-0.05, 0) is 41.5 Å². The lowest BCUT2D eigenvalue weighted by Crippen LogP contribution is -2.17. The van der Waals surface area contributed by atoms with E-state index < -0.39 is 12.1 Å². The molecule has 0 bridgehead atoms. The van der Waals surface area contributed by atoms with Crippen LogP contribution in [0.15, 0.2) is 36.4 Å². The maximum atomic E-state index is 11.5. The van der Waals surface area contributed by atoms with E-state index in [4.69, 9.17) is 23.7 Å². The number of benzene rings is 2. The van der Waals surface area contributed by atoms with Gasteiger partial charge < -0.3 is 28.8 Å². The Balaban J connectivity index is 2.00. The summed E-state index contributed by atoms with van der Waals surface area (Å²) in [6, 6.07) is 8.70. The molecular formula is C24H26O8. The molecule has 170 valence electrons. The minimum Gasteiger partial charge on any atom is -0.504 e. The molecule has 0 fully saturated rings. The van der Waals surface area contributed by atoms with Gasteiger partial charge in [0.1, 0.15) is 19.3 Å². The molecule has 3 rings (SSSR count). The number of ether oxygens (including phenoxy) is 5. The van der Waals surface area contributed by atoms with Crippen LogP contribution in [0.2, 0.25) is 0 Å². The largest absolute Gasteiger partial charge is 0.504 e. The first-order chi connectivity index (χ1) is 15.3. The molecule has 0 radical (unpaired) electrons. The number of aromatic hydroxyl groups is 1. The van der Waals surface area contributed by atoms with Crippen molar-refractivity contribution in [2.75, 3.05) is 27.4 Å². The molecule has 0 spiro atoms. The molecule has 0 amide bonds. The van der Waals surface area contributed by atoms with Gasteiger partial charge in [-0.25, -0.2) is 0 Å². The van der Waals surface area contributed by atoms with Gasteiger partial charge in [0.25, 0.3) is 0 Å². The highest BCUT2D eigenvalue weighted by atomic mass is 16.5. The van der Waals surface area contributed by atoms with E-state index in [0.717, 1.165) is 16.7 Å². The van der Waals surface area contributed by atoms with Crippen molar-refractivity contribution in [1.82, 2.24) is 0 Å². The van der Waals surface area contributed by atoms with Crippen LogP contribution < -0.4 is 14.2 Å². The van der Waals surface area contributed by atoms with E-state index in [1.165, 1.54) is 27.0 Å². The van der Waals surface area contributed by atoms with Gasteiger partial charge in [-0.3, -0.25) is 9.59 Å². The molecule has 0 saturated carbocycles. The Hall–Kier alpha value is -3.68. The number of carbonyl (C=O) groups is 2. The average Bonchev–Trinajstić information content (AvgIpc) is 3.13.